The van der Waals surface area contributed by atoms with Gasteiger partial charge in [-0.25, -0.2) is 0 Å². The van der Waals surface area contributed by atoms with Crippen LogP contribution in [0.4, 0.5) is 0 Å². The molecule has 0 bridgehead atoms. The van der Waals surface area contributed by atoms with Crippen molar-refractivity contribution in [2.75, 3.05) is 0 Å². The Balaban J connectivity index is 1.73. The molecule has 106 valence electrons. The number of benzene rings is 1. The van der Waals surface area contributed by atoms with Crippen molar-refractivity contribution in [3.05, 3.63) is 53.9 Å². The van der Waals surface area contributed by atoms with Crippen LogP contribution in [0.2, 0.25) is 0 Å². The number of hydrogen-bond acceptors (Lipinski definition) is 3. The molecule has 1 aliphatic rings. The number of hydrogen-bond donors (Lipinski definition) is 2. The summed E-state index contributed by atoms with van der Waals surface area (Å²) in [5, 5.41) is 14.0. The highest BCUT2D eigenvalue weighted by molar-refractivity contribution is 5.20. The molecule has 1 heterocycles. The summed E-state index contributed by atoms with van der Waals surface area (Å²) < 4.78 is 1.93. The largest absolute Gasteiger partial charge is 0.393 e. The Labute approximate surface area is 119 Å². The minimum atomic E-state index is -0.325. The lowest BCUT2D eigenvalue weighted by Crippen LogP contribution is -2.41. The third-order valence-electron chi connectivity index (χ3n) is 4.24. The van der Waals surface area contributed by atoms with Crippen LogP contribution in [0.25, 0.3) is 0 Å². The van der Waals surface area contributed by atoms with E-state index in [4.69, 9.17) is 5.73 Å². The lowest BCUT2D eigenvalue weighted by molar-refractivity contribution is 0.0969. The molecule has 0 atom stereocenters. The molecule has 4 heteroatoms. The van der Waals surface area contributed by atoms with E-state index < -0.39 is 0 Å². The monoisotopic (exact) mass is 271 g/mol. The van der Waals surface area contributed by atoms with Gasteiger partial charge in [-0.05, 0) is 31.2 Å². The van der Waals surface area contributed by atoms with Crippen molar-refractivity contribution in [1.29, 1.82) is 0 Å². The van der Waals surface area contributed by atoms with Crippen LogP contribution < -0.4 is 5.73 Å². The van der Waals surface area contributed by atoms with Crippen LogP contribution >= 0.6 is 0 Å². The summed E-state index contributed by atoms with van der Waals surface area (Å²) in [7, 11) is 0. The number of rotatable bonds is 3. The van der Waals surface area contributed by atoms with Crippen molar-refractivity contribution >= 4 is 0 Å². The van der Waals surface area contributed by atoms with Gasteiger partial charge in [0.25, 0.3) is 0 Å². The summed E-state index contributed by atoms with van der Waals surface area (Å²) in [6.07, 6.45) is 6.94. The van der Waals surface area contributed by atoms with Gasteiger partial charge in [-0.15, -0.1) is 0 Å². The highest BCUT2D eigenvalue weighted by atomic mass is 16.3. The molecule has 0 aliphatic heterocycles. The van der Waals surface area contributed by atoms with E-state index in [1.165, 1.54) is 5.56 Å². The zero-order valence-electron chi connectivity index (χ0n) is 11.6. The van der Waals surface area contributed by atoms with Crippen LogP contribution in [0.5, 0.6) is 0 Å². The Morgan fingerprint density at radius 3 is 2.65 bits per heavy atom. The van der Waals surface area contributed by atoms with Gasteiger partial charge in [-0.1, -0.05) is 30.3 Å². The lowest BCUT2D eigenvalue weighted by atomic mass is 9.77. The van der Waals surface area contributed by atoms with E-state index in [1.807, 2.05) is 35.3 Å². The fourth-order valence-corrected chi connectivity index (χ4v) is 2.88. The third-order valence-corrected chi connectivity index (χ3v) is 4.24. The van der Waals surface area contributed by atoms with Crippen molar-refractivity contribution in [3.8, 4) is 0 Å². The highest BCUT2D eigenvalue weighted by Gasteiger charge is 2.33. The molecule has 1 aromatic carbocycles. The van der Waals surface area contributed by atoms with Crippen molar-refractivity contribution < 1.29 is 5.11 Å². The Bertz CT molecular complexity index is 556. The van der Waals surface area contributed by atoms with E-state index in [-0.39, 0.29) is 11.6 Å². The molecule has 3 rings (SSSR count). The van der Waals surface area contributed by atoms with Crippen LogP contribution in [0.1, 0.15) is 36.8 Å². The van der Waals surface area contributed by atoms with Crippen LogP contribution in [0.15, 0.2) is 42.7 Å². The van der Waals surface area contributed by atoms with Crippen molar-refractivity contribution in [3.63, 3.8) is 0 Å². The van der Waals surface area contributed by atoms with E-state index in [0.717, 1.165) is 37.8 Å². The van der Waals surface area contributed by atoms with E-state index in [2.05, 4.69) is 17.2 Å². The summed E-state index contributed by atoms with van der Waals surface area (Å²) in [6, 6.07) is 10.3. The van der Waals surface area contributed by atoms with Gasteiger partial charge in [0.1, 0.15) is 0 Å². The molecule has 0 saturated heterocycles. The number of aliphatic hydroxyl groups is 1. The molecule has 1 aromatic heterocycles. The summed E-state index contributed by atoms with van der Waals surface area (Å²) in [4.78, 5) is 0. The molecule has 1 saturated carbocycles. The normalized spacial score (nSPS) is 26.6. The van der Waals surface area contributed by atoms with Crippen LogP contribution in [0, 0.1) is 0 Å². The average Bonchev–Trinajstić information content (AvgIpc) is 2.93. The Kier molecular flexibility index (Phi) is 3.59. The summed E-state index contributed by atoms with van der Waals surface area (Å²) in [5.74, 6) is 0. The molecule has 0 radical (unpaired) electrons. The first-order chi connectivity index (χ1) is 9.66. The van der Waals surface area contributed by atoms with E-state index in [9.17, 15) is 5.11 Å². The summed E-state index contributed by atoms with van der Waals surface area (Å²) in [5.41, 5.74) is 8.47. The van der Waals surface area contributed by atoms with Gasteiger partial charge in [0.2, 0.25) is 0 Å². The van der Waals surface area contributed by atoms with Crippen LogP contribution in [-0.4, -0.2) is 21.0 Å². The van der Waals surface area contributed by atoms with Gasteiger partial charge < -0.3 is 10.8 Å². The molecule has 0 unspecified atom stereocenters. The summed E-state index contributed by atoms with van der Waals surface area (Å²) >= 11 is 0. The van der Waals surface area contributed by atoms with Gasteiger partial charge in [0.05, 0.1) is 18.8 Å². The number of nitrogens with two attached hydrogens (primary N) is 1. The maximum absolute atomic E-state index is 9.61. The first-order valence-electron chi connectivity index (χ1n) is 7.19. The number of nitrogens with zero attached hydrogens (tertiary/aromatic N) is 2. The molecule has 1 aliphatic carbocycles. The summed E-state index contributed by atoms with van der Waals surface area (Å²) in [6.45, 7) is 0.763. The topological polar surface area (TPSA) is 64.1 Å². The average molecular weight is 271 g/mol. The predicted octanol–water partition coefficient (Wildman–Crippen LogP) is 2.02. The highest BCUT2D eigenvalue weighted by Crippen LogP contribution is 2.34. The molecular weight excluding hydrogens is 250 g/mol. The van der Waals surface area contributed by atoms with Gasteiger partial charge >= 0.3 is 0 Å². The third kappa shape index (κ3) is 2.76. The fraction of sp³-hybridized carbons (Fsp3) is 0.438. The van der Waals surface area contributed by atoms with Gasteiger partial charge in [-0.3, -0.25) is 4.68 Å². The van der Waals surface area contributed by atoms with Crippen LogP contribution in [-0.2, 0) is 12.1 Å². The molecule has 1 fully saturated rings. The smallest absolute Gasteiger partial charge is 0.0659 e. The number of aliphatic hydroxyl groups excluding tert-OH is 1. The molecule has 20 heavy (non-hydrogen) atoms. The minimum absolute atomic E-state index is 0.189. The first-order valence-corrected chi connectivity index (χ1v) is 7.19. The Morgan fingerprint density at radius 2 is 1.95 bits per heavy atom. The maximum Gasteiger partial charge on any atom is 0.0659 e. The second-order valence-electron chi connectivity index (χ2n) is 5.80. The van der Waals surface area contributed by atoms with E-state index in [0.29, 0.717) is 0 Å². The maximum atomic E-state index is 9.61. The standard InChI is InChI=1S/C16H21N3O/c17-16(8-6-15(20)7-9-16)14-10-18-19(12-14)11-13-4-2-1-3-5-13/h1-5,10,12,15,20H,6-9,11,17H2. The zero-order valence-corrected chi connectivity index (χ0v) is 11.6. The molecular formula is C16H21N3O. The predicted molar refractivity (Wildman–Crippen MR) is 78.1 cm³/mol. The fourth-order valence-electron chi connectivity index (χ4n) is 2.88. The number of aromatic nitrogens is 2. The second kappa shape index (κ2) is 5.38. The lowest BCUT2D eigenvalue weighted by Gasteiger charge is -2.34. The molecule has 0 amide bonds. The van der Waals surface area contributed by atoms with Crippen molar-refractivity contribution in [2.24, 2.45) is 5.73 Å². The second-order valence-corrected chi connectivity index (χ2v) is 5.80. The van der Waals surface area contributed by atoms with Gasteiger partial charge in [0.15, 0.2) is 0 Å². The van der Waals surface area contributed by atoms with Gasteiger partial charge in [0, 0.05) is 17.3 Å². The molecule has 3 N–H and O–H groups in total. The SMILES string of the molecule is NC1(c2cnn(Cc3ccccc3)c2)CCC(O)CC1. The molecule has 4 nitrogen and oxygen atoms in total. The molecule has 2 aromatic rings. The zero-order chi connectivity index (χ0) is 14.0. The van der Waals surface area contributed by atoms with E-state index >= 15 is 0 Å². The Morgan fingerprint density at radius 1 is 1.25 bits per heavy atom. The van der Waals surface area contributed by atoms with Crippen molar-refractivity contribution in [1.82, 2.24) is 9.78 Å². The van der Waals surface area contributed by atoms with Crippen molar-refractivity contribution in [2.45, 2.75) is 43.9 Å². The van der Waals surface area contributed by atoms with Crippen LogP contribution in [0.3, 0.4) is 0 Å². The van der Waals surface area contributed by atoms with Gasteiger partial charge in [-0.2, -0.15) is 5.10 Å². The quantitative estimate of drug-likeness (QED) is 0.897. The molecule has 0 spiro atoms. The minimum Gasteiger partial charge on any atom is -0.393 e. The van der Waals surface area contributed by atoms with E-state index in [1.54, 1.807) is 0 Å². The first kappa shape index (κ1) is 13.3. The Hall–Kier alpha value is -1.65.